The Morgan fingerprint density at radius 2 is 2.00 bits per heavy atom. The highest BCUT2D eigenvalue weighted by Gasteiger charge is 2.25. The Bertz CT molecular complexity index is 820. The summed E-state index contributed by atoms with van der Waals surface area (Å²) >= 11 is 0. The van der Waals surface area contributed by atoms with Crippen LogP contribution in [0.3, 0.4) is 0 Å². The number of carbonyl (C=O) groups is 2. The van der Waals surface area contributed by atoms with Crippen molar-refractivity contribution in [2.45, 2.75) is 26.5 Å². The minimum absolute atomic E-state index is 0.0461. The van der Waals surface area contributed by atoms with Crippen LogP contribution in [0.2, 0.25) is 0 Å². The molecule has 0 saturated heterocycles. The molecule has 1 amide bonds. The van der Waals surface area contributed by atoms with Crippen LogP contribution in [0, 0.1) is 11.3 Å². The van der Waals surface area contributed by atoms with E-state index < -0.39 is 18.0 Å². The largest absolute Gasteiger partial charge is 0.481 e. The standard InChI is InChI=1S/C19H20N4O4/c1-3-26-18(24)13-23(12-17-21-8-5-9-22-17)19(25)14(2)27-16-7-4-6-15(10-16)11-20/h4-10,14H,3,12-13H2,1-2H3. The third-order valence-corrected chi connectivity index (χ3v) is 3.51. The minimum atomic E-state index is -0.878. The van der Waals surface area contributed by atoms with Crippen molar-refractivity contribution < 1.29 is 19.1 Å². The van der Waals surface area contributed by atoms with Gasteiger partial charge < -0.3 is 14.4 Å². The van der Waals surface area contributed by atoms with Gasteiger partial charge >= 0.3 is 5.97 Å². The minimum Gasteiger partial charge on any atom is -0.481 e. The average Bonchev–Trinajstić information content (AvgIpc) is 2.68. The van der Waals surface area contributed by atoms with Gasteiger partial charge in [0.15, 0.2) is 6.10 Å². The topological polar surface area (TPSA) is 105 Å². The fourth-order valence-electron chi connectivity index (χ4n) is 2.31. The molecular weight excluding hydrogens is 348 g/mol. The third kappa shape index (κ3) is 6.08. The van der Waals surface area contributed by atoms with Gasteiger partial charge in [0.25, 0.3) is 5.91 Å². The summed E-state index contributed by atoms with van der Waals surface area (Å²) in [5, 5.41) is 8.96. The van der Waals surface area contributed by atoms with Crippen LogP contribution in [0.15, 0.2) is 42.7 Å². The Balaban J connectivity index is 2.12. The van der Waals surface area contributed by atoms with Crippen LogP contribution in [0.5, 0.6) is 5.75 Å². The van der Waals surface area contributed by atoms with Gasteiger partial charge in [-0.25, -0.2) is 9.97 Å². The predicted octanol–water partition coefficient (Wildman–Crippen LogP) is 1.71. The molecule has 0 N–H and O–H groups in total. The maximum absolute atomic E-state index is 12.8. The van der Waals surface area contributed by atoms with E-state index in [1.165, 1.54) is 4.90 Å². The molecule has 2 rings (SSSR count). The average molecular weight is 368 g/mol. The number of hydrogen-bond acceptors (Lipinski definition) is 7. The molecule has 27 heavy (non-hydrogen) atoms. The first-order valence-corrected chi connectivity index (χ1v) is 8.40. The molecule has 8 nitrogen and oxygen atoms in total. The predicted molar refractivity (Wildman–Crippen MR) is 95.3 cm³/mol. The number of esters is 1. The SMILES string of the molecule is CCOC(=O)CN(Cc1ncccn1)C(=O)C(C)Oc1cccc(C#N)c1. The first-order valence-electron chi connectivity index (χ1n) is 8.40. The molecule has 140 valence electrons. The molecule has 0 fully saturated rings. The van der Waals surface area contributed by atoms with Crippen molar-refractivity contribution in [3.05, 3.63) is 54.1 Å². The van der Waals surface area contributed by atoms with E-state index in [0.717, 1.165) is 0 Å². The molecule has 0 radical (unpaired) electrons. The first kappa shape index (κ1) is 19.8. The summed E-state index contributed by atoms with van der Waals surface area (Å²) in [5.74, 6) is -0.158. The number of rotatable bonds is 8. The van der Waals surface area contributed by atoms with E-state index in [0.29, 0.717) is 17.1 Å². The monoisotopic (exact) mass is 368 g/mol. The molecule has 2 aromatic rings. The van der Waals surface area contributed by atoms with Crippen LogP contribution >= 0.6 is 0 Å². The van der Waals surface area contributed by atoms with Gasteiger partial charge in [0.1, 0.15) is 18.1 Å². The number of amides is 1. The molecule has 0 aliphatic rings. The van der Waals surface area contributed by atoms with Crippen LogP contribution in [0.1, 0.15) is 25.2 Å². The normalized spacial score (nSPS) is 11.1. The zero-order valence-electron chi connectivity index (χ0n) is 15.2. The summed E-state index contributed by atoms with van der Waals surface area (Å²) in [6.45, 7) is 3.29. The molecule has 0 aliphatic heterocycles. The van der Waals surface area contributed by atoms with Crippen LogP contribution in [-0.4, -0.2) is 46.0 Å². The summed E-state index contributed by atoms with van der Waals surface area (Å²) in [7, 11) is 0. The van der Waals surface area contributed by atoms with Gasteiger partial charge in [-0.1, -0.05) is 6.07 Å². The van der Waals surface area contributed by atoms with Crippen LogP contribution < -0.4 is 4.74 Å². The van der Waals surface area contributed by atoms with Gasteiger partial charge in [-0.3, -0.25) is 9.59 Å². The molecule has 0 aliphatic carbocycles. The van der Waals surface area contributed by atoms with Gasteiger partial charge in [0.05, 0.1) is 24.8 Å². The lowest BCUT2D eigenvalue weighted by atomic mass is 10.2. The lowest BCUT2D eigenvalue weighted by molar-refractivity contribution is -0.151. The summed E-state index contributed by atoms with van der Waals surface area (Å²) in [6.07, 6.45) is 2.24. The number of ether oxygens (including phenoxy) is 2. The second-order valence-electron chi connectivity index (χ2n) is 5.56. The second kappa shape index (κ2) is 9.87. The van der Waals surface area contributed by atoms with Crippen LogP contribution in [-0.2, 0) is 20.9 Å². The van der Waals surface area contributed by atoms with Crippen molar-refractivity contribution in [3.63, 3.8) is 0 Å². The highest BCUT2D eigenvalue weighted by atomic mass is 16.5. The van der Waals surface area contributed by atoms with Gasteiger partial charge in [-0.05, 0) is 38.1 Å². The number of carbonyl (C=O) groups excluding carboxylic acids is 2. The van der Waals surface area contributed by atoms with Gasteiger partial charge in [0, 0.05) is 12.4 Å². The summed E-state index contributed by atoms with van der Waals surface area (Å²) in [6, 6.07) is 10.2. The van der Waals surface area contributed by atoms with E-state index in [-0.39, 0.29) is 19.7 Å². The zero-order valence-corrected chi connectivity index (χ0v) is 15.2. The van der Waals surface area contributed by atoms with Gasteiger partial charge in [0.2, 0.25) is 0 Å². The summed E-state index contributed by atoms with van der Waals surface area (Å²) in [5.41, 5.74) is 0.424. The molecule has 1 atom stereocenters. The van der Waals surface area contributed by atoms with Crippen LogP contribution in [0.25, 0.3) is 0 Å². The summed E-state index contributed by atoms with van der Waals surface area (Å²) in [4.78, 5) is 34.2. The van der Waals surface area contributed by atoms with Gasteiger partial charge in [-0.2, -0.15) is 5.26 Å². The van der Waals surface area contributed by atoms with Crippen molar-refractivity contribution in [2.24, 2.45) is 0 Å². The zero-order chi connectivity index (χ0) is 19.6. The lowest BCUT2D eigenvalue weighted by Crippen LogP contribution is -2.43. The lowest BCUT2D eigenvalue weighted by Gasteiger charge is -2.24. The maximum Gasteiger partial charge on any atom is 0.325 e. The van der Waals surface area contributed by atoms with E-state index in [1.807, 2.05) is 6.07 Å². The molecule has 0 bridgehead atoms. The van der Waals surface area contributed by atoms with Crippen molar-refractivity contribution >= 4 is 11.9 Å². The Labute approximate surface area is 157 Å². The summed E-state index contributed by atoms with van der Waals surface area (Å²) < 4.78 is 10.6. The van der Waals surface area contributed by atoms with Crippen molar-refractivity contribution in [1.29, 1.82) is 5.26 Å². The van der Waals surface area contributed by atoms with Crippen molar-refractivity contribution in [3.8, 4) is 11.8 Å². The number of hydrogen-bond donors (Lipinski definition) is 0. The Morgan fingerprint density at radius 1 is 1.26 bits per heavy atom. The third-order valence-electron chi connectivity index (χ3n) is 3.51. The second-order valence-corrected chi connectivity index (χ2v) is 5.56. The van der Waals surface area contributed by atoms with E-state index >= 15 is 0 Å². The fourth-order valence-corrected chi connectivity index (χ4v) is 2.31. The smallest absolute Gasteiger partial charge is 0.325 e. The van der Waals surface area contributed by atoms with Gasteiger partial charge in [-0.15, -0.1) is 0 Å². The molecular formula is C19H20N4O4. The molecule has 1 aromatic carbocycles. The first-order chi connectivity index (χ1) is 13.0. The quantitative estimate of drug-likeness (QED) is 0.653. The molecule has 8 heteroatoms. The Morgan fingerprint density at radius 3 is 2.67 bits per heavy atom. The van der Waals surface area contributed by atoms with E-state index in [2.05, 4.69) is 9.97 Å². The molecule has 0 spiro atoms. The maximum atomic E-state index is 12.8. The van der Waals surface area contributed by atoms with E-state index in [1.54, 1.807) is 56.6 Å². The van der Waals surface area contributed by atoms with E-state index in [9.17, 15) is 9.59 Å². The molecule has 1 aromatic heterocycles. The molecule has 0 saturated carbocycles. The van der Waals surface area contributed by atoms with Crippen molar-refractivity contribution in [2.75, 3.05) is 13.2 Å². The fraction of sp³-hybridized carbons (Fsp3) is 0.316. The Kier molecular flexibility index (Phi) is 7.26. The molecule has 1 heterocycles. The van der Waals surface area contributed by atoms with E-state index in [4.69, 9.17) is 14.7 Å². The molecule has 1 unspecified atom stereocenters. The number of nitrogens with zero attached hydrogens (tertiary/aromatic N) is 4. The highest BCUT2D eigenvalue weighted by molar-refractivity contribution is 5.85. The number of benzene rings is 1. The number of nitriles is 1. The highest BCUT2D eigenvalue weighted by Crippen LogP contribution is 2.15. The Hall–Kier alpha value is -3.47. The van der Waals surface area contributed by atoms with Crippen LogP contribution in [0.4, 0.5) is 0 Å². The number of aromatic nitrogens is 2. The van der Waals surface area contributed by atoms with Crippen molar-refractivity contribution in [1.82, 2.24) is 14.9 Å².